The summed E-state index contributed by atoms with van der Waals surface area (Å²) in [4.78, 5) is 23.5. The molecule has 3 N–H and O–H groups in total. The molecule has 0 aliphatic carbocycles. The fourth-order valence-corrected chi connectivity index (χ4v) is 2.14. The van der Waals surface area contributed by atoms with Crippen LogP contribution in [-0.2, 0) is 16.1 Å². The first-order valence-electron chi connectivity index (χ1n) is 7.50. The van der Waals surface area contributed by atoms with Gasteiger partial charge in [-0.05, 0) is 18.6 Å². The van der Waals surface area contributed by atoms with Gasteiger partial charge in [-0.2, -0.15) is 0 Å². The van der Waals surface area contributed by atoms with Gasteiger partial charge in [0.05, 0.1) is 25.7 Å². The van der Waals surface area contributed by atoms with Gasteiger partial charge in [-0.3, -0.25) is 9.59 Å². The first kappa shape index (κ1) is 17.6. The van der Waals surface area contributed by atoms with Gasteiger partial charge in [-0.1, -0.05) is 18.2 Å². The number of hydrogen-bond acceptors (Lipinski definition) is 5. The van der Waals surface area contributed by atoms with E-state index in [1.54, 1.807) is 25.3 Å². The van der Waals surface area contributed by atoms with E-state index >= 15 is 0 Å². The molecule has 2 rings (SSSR count). The summed E-state index contributed by atoms with van der Waals surface area (Å²) in [5.41, 5.74) is 1.40. The molecule has 1 aromatic heterocycles. The van der Waals surface area contributed by atoms with E-state index in [1.165, 1.54) is 12.5 Å². The lowest BCUT2D eigenvalue weighted by atomic mass is 10.1. The average molecular weight is 332 g/mol. The van der Waals surface area contributed by atoms with Gasteiger partial charge in [-0.25, -0.2) is 0 Å². The molecule has 1 atom stereocenters. The maximum atomic E-state index is 11.8. The Bertz CT molecular complexity index is 669. The molecule has 128 valence electrons. The molecule has 1 aromatic carbocycles. The lowest BCUT2D eigenvalue weighted by molar-refractivity contribution is -0.139. The number of ether oxygens (including phenoxy) is 1. The normalized spacial score (nSPS) is 11.6. The highest BCUT2D eigenvalue weighted by Gasteiger charge is 2.15. The number of amides is 2. The first-order chi connectivity index (χ1) is 11.6. The highest BCUT2D eigenvalue weighted by molar-refractivity contribution is 6.35. The lowest BCUT2D eigenvalue weighted by Gasteiger charge is -2.11. The van der Waals surface area contributed by atoms with Crippen molar-refractivity contribution in [3.05, 3.63) is 54.0 Å². The van der Waals surface area contributed by atoms with Crippen LogP contribution in [0.15, 0.2) is 47.3 Å². The van der Waals surface area contributed by atoms with Crippen molar-refractivity contribution in [3.8, 4) is 5.75 Å². The van der Waals surface area contributed by atoms with Crippen LogP contribution in [0.1, 0.15) is 23.7 Å². The number of carbonyl (C=O) groups is 2. The van der Waals surface area contributed by atoms with Gasteiger partial charge in [0.15, 0.2) is 0 Å². The second-order valence-corrected chi connectivity index (χ2v) is 5.11. The summed E-state index contributed by atoms with van der Waals surface area (Å²) >= 11 is 0. The molecule has 7 nitrogen and oxygen atoms in total. The van der Waals surface area contributed by atoms with Gasteiger partial charge in [-0.15, -0.1) is 0 Å². The summed E-state index contributed by atoms with van der Waals surface area (Å²) in [6.45, 7) is 0.362. The van der Waals surface area contributed by atoms with Gasteiger partial charge < -0.3 is 24.9 Å². The van der Waals surface area contributed by atoms with Crippen LogP contribution in [0.2, 0.25) is 0 Å². The minimum Gasteiger partial charge on any atom is -0.496 e. The van der Waals surface area contributed by atoms with Crippen LogP contribution in [0.3, 0.4) is 0 Å². The van der Waals surface area contributed by atoms with Crippen LogP contribution in [0.4, 0.5) is 0 Å². The topological polar surface area (TPSA) is 101 Å². The smallest absolute Gasteiger partial charge is 0.309 e. The monoisotopic (exact) mass is 332 g/mol. The van der Waals surface area contributed by atoms with E-state index in [0.29, 0.717) is 11.3 Å². The maximum Gasteiger partial charge on any atom is 0.309 e. The van der Waals surface area contributed by atoms with Gasteiger partial charge in [0.25, 0.3) is 0 Å². The second-order valence-electron chi connectivity index (χ2n) is 5.11. The van der Waals surface area contributed by atoms with Crippen molar-refractivity contribution in [3.63, 3.8) is 0 Å². The number of nitrogens with one attached hydrogen (secondary N) is 2. The third-order valence-corrected chi connectivity index (χ3v) is 3.47. The number of methoxy groups -OCH3 is 1. The molecule has 2 amide bonds. The fraction of sp³-hybridized carbons (Fsp3) is 0.294. The molecule has 24 heavy (non-hydrogen) atoms. The molecule has 0 spiro atoms. The molecular weight excluding hydrogens is 312 g/mol. The van der Waals surface area contributed by atoms with Gasteiger partial charge in [0.2, 0.25) is 0 Å². The third-order valence-electron chi connectivity index (χ3n) is 3.47. The molecule has 0 bridgehead atoms. The minimum atomic E-state index is -0.749. The summed E-state index contributed by atoms with van der Waals surface area (Å²) in [5, 5.41) is 14.8. The van der Waals surface area contributed by atoms with Crippen LogP contribution >= 0.6 is 0 Å². The van der Waals surface area contributed by atoms with Crippen molar-refractivity contribution >= 4 is 11.8 Å². The summed E-state index contributed by atoms with van der Waals surface area (Å²) in [6.07, 6.45) is 2.43. The Morgan fingerprint density at radius 2 is 1.96 bits per heavy atom. The largest absolute Gasteiger partial charge is 0.496 e. The molecular formula is C17H20N2O5. The molecule has 0 aliphatic rings. The van der Waals surface area contributed by atoms with Crippen LogP contribution in [0.5, 0.6) is 5.75 Å². The molecule has 1 heterocycles. The highest BCUT2D eigenvalue weighted by Crippen LogP contribution is 2.17. The quantitative estimate of drug-likeness (QED) is 0.660. The summed E-state index contributed by atoms with van der Waals surface area (Å²) < 4.78 is 10.0. The van der Waals surface area contributed by atoms with Crippen molar-refractivity contribution in [1.82, 2.24) is 10.6 Å². The maximum absolute atomic E-state index is 11.8. The lowest BCUT2D eigenvalue weighted by Crippen LogP contribution is -2.40. The average Bonchev–Trinajstić information content (AvgIpc) is 3.14. The predicted molar refractivity (Wildman–Crippen MR) is 86.1 cm³/mol. The number of hydrogen-bond donors (Lipinski definition) is 3. The van der Waals surface area contributed by atoms with Crippen molar-refractivity contribution in [2.45, 2.75) is 19.1 Å². The Morgan fingerprint density at radius 3 is 2.67 bits per heavy atom. The van der Waals surface area contributed by atoms with Gasteiger partial charge in [0.1, 0.15) is 5.75 Å². The number of rotatable bonds is 7. The minimum absolute atomic E-state index is 0.174. The van der Waals surface area contributed by atoms with Crippen molar-refractivity contribution in [2.75, 3.05) is 13.7 Å². The van der Waals surface area contributed by atoms with E-state index in [-0.39, 0.29) is 19.5 Å². The Kier molecular flexibility index (Phi) is 6.39. The molecule has 0 saturated carbocycles. The van der Waals surface area contributed by atoms with E-state index in [4.69, 9.17) is 9.15 Å². The number of benzene rings is 1. The SMILES string of the molecule is COc1ccccc1CNC(=O)C(=O)NCCC(O)c1ccoc1. The zero-order valence-corrected chi connectivity index (χ0v) is 13.3. The molecule has 0 saturated heterocycles. The Labute approximate surface area is 139 Å². The number of furan rings is 1. The second kappa shape index (κ2) is 8.73. The number of aliphatic hydroxyl groups is 1. The van der Waals surface area contributed by atoms with E-state index in [2.05, 4.69) is 10.6 Å². The van der Waals surface area contributed by atoms with E-state index in [0.717, 1.165) is 5.56 Å². The predicted octanol–water partition coefficient (Wildman–Crippen LogP) is 1.14. The molecule has 0 fully saturated rings. The van der Waals surface area contributed by atoms with Crippen LogP contribution < -0.4 is 15.4 Å². The Morgan fingerprint density at radius 1 is 1.21 bits per heavy atom. The van der Waals surface area contributed by atoms with Crippen LogP contribution in [0, 0.1) is 0 Å². The molecule has 1 unspecified atom stereocenters. The highest BCUT2D eigenvalue weighted by atomic mass is 16.5. The Hall–Kier alpha value is -2.80. The van der Waals surface area contributed by atoms with Gasteiger partial charge in [0, 0.05) is 24.2 Å². The zero-order chi connectivity index (χ0) is 17.4. The summed E-state index contributed by atoms with van der Waals surface area (Å²) in [7, 11) is 1.54. The molecule has 2 aromatic rings. The molecule has 0 aliphatic heterocycles. The van der Waals surface area contributed by atoms with Crippen LogP contribution in [-0.4, -0.2) is 30.6 Å². The third kappa shape index (κ3) is 4.85. The van der Waals surface area contributed by atoms with Crippen molar-refractivity contribution in [2.24, 2.45) is 0 Å². The van der Waals surface area contributed by atoms with E-state index in [9.17, 15) is 14.7 Å². The number of aliphatic hydroxyl groups excluding tert-OH is 1. The number of carbonyl (C=O) groups excluding carboxylic acids is 2. The Balaban J connectivity index is 1.73. The van der Waals surface area contributed by atoms with Crippen molar-refractivity contribution < 1.29 is 23.8 Å². The van der Waals surface area contributed by atoms with Crippen molar-refractivity contribution in [1.29, 1.82) is 0 Å². The number of para-hydroxylation sites is 1. The van der Waals surface area contributed by atoms with E-state index < -0.39 is 17.9 Å². The summed E-state index contributed by atoms with van der Waals surface area (Å²) in [5.74, 6) is -0.843. The van der Waals surface area contributed by atoms with E-state index in [1.807, 2.05) is 12.1 Å². The summed E-state index contributed by atoms with van der Waals surface area (Å²) in [6, 6.07) is 8.87. The molecule has 7 heteroatoms. The zero-order valence-electron chi connectivity index (χ0n) is 13.3. The van der Waals surface area contributed by atoms with Gasteiger partial charge >= 0.3 is 11.8 Å². The molecule has 0 radical (unpaired) electrons. The standard InChI is InChI=1S/C17H20N2O5/c1-23-15-5-3-2-4-12(15)10-19-17(22)16(21)18-8-6-14(20)13-7-9-24-11-13/h2-5,7,9,11,14,20H,6,8,10H2,1H3,(H,18,21)(H,19,22). The van der Waals surface area contributed by atoms with Crippen LogP contribution in [0.25, 0.3) is 0 Å². The first-order valence-corrected chi connectivity index (χ1v) is 7.50. The fourth-order valence-electron chi connectivity index (χ4n) is 2.14.